The molecule has 0 N–H and O–H groups in total. The maximum atomic E-state index is 12.8. The van der Waals surface area contributed by atoms with Crippen LogP contribution in [0.4, 0.5) is 11.4 Å². The van der Waals surface area contributed by atoms with Gasteiger partial charge in [0.25, 0.3) is 0 Å². The van der Waals surface area contributed by atoms with Gasteiger partial charge in [-0.25, -0.2) is 0 Å². The van der Waals surface area contributed by atoms with Gasteiger partial charge in [0.1, 0.15) is 0 Å². The van der Waals surface area contributed by atoms with Crippen molar-refractivity contribution in [2.45, 2.75) is 34.1 Å². The summed E-state index contributed by atoms with van der Waals surface area (Å²) in [5.74, 6) is 0.0765. The first-order valence-electron chi connectivity index (χ1n) is 10.3. The number of carbonyl (C=O) groups is 2. The van der Waals surface area contributed by atoms with Crippen LogP contribution in [0.2, 0.25) is 0 Å². The van der Waals surface area contributed by atoms with Gasteiger partial charge in [-0.3, -0.25) is 9.59 Å². The average molecular weight is 394 g/mol. The van der Waals surface area contributed by atoms with Gasteiger partial charge in [0.15, 0.2) is 0 Å². The fourth-order valence-corrected chi connectivity index (χ4v) is 3.90. The van der Waals surface area contributed by atoms with Crippen LogP contribution in [0, 0.1) is 20.8 Å². The summed E-state index contributed by atoms with van der Waals surface area (Å²) in [6.45, 7) is 11.4. The third kappa shape index (κ3) is 4.97. The first-order chi connectivity index (χ1) is 13.9. The van der Waals surface area contributed by atoms with Crippen LogP contribution in [0.1, 0.15) is 30.0 Å². The molecule has 2 aromatic carbocycles. The Morgan fingerprint density at radius 3 is 2.31 bits per heavy atom. The molecule has 0 spiro atoms. The van der Waals surface area contributed by atoms with E-state index in [1.165, 1.54) is 16.8 Å². The molecule has 1 aliphatic heterocycles. The molecule has 5 nitrogen and oxygen atoms in total. The van der Waals surface area contributed by atoms with Crippen LogP contribution in [0.15, 0.2) is 42.5 Å². The number of anilines is 2. The first kappa shape index (κ1) is 20.9. The quantitative estimate of drug-likeness (QED) is 0.778. The van der Waals surface area contributed by atoms with Crippen LogP contribution in [-0.4, -0.2) is 49.4 Å². The Kier molecular flexibility index (Phi) is 6.57. The molecule has 0 bridgehead atoms. The smallest absolute Gasteiger partial charge is 0.224 e. The maximum absolute atomic E-state index is 12.8. The number of nitrogens with zero attached hydrogens (tertiary/aromatic N) is 3. The second kappa shape index (κ2) is 9.12. The van der Waals surface area contributed by atoms with Crippen molar-refractivity contribution in [3.05, 3.63) is 59.2 Å². The number of benzene rings is 2. The Hall–Kier alpha value is -2.82. The summed E-state index contributed by atoms with van der Waals surface area (Å²) in [6.07, 6.45) is 0.344. The lowest BCUT2D eigenvalue weighted by Gasteiger charge is -2.37. The van der Waals surface area contributed by atoms with E-state index in [9.17, 15) is 9.59 Å². The van der Waals surface area contributed by atoms with E-state index in [1.807, 2.05) is 36.1 Å². The highest BCUT2D eigenvalue weighted by molar-refractivity contribution is 5.92. The van der Waals surface area contributed by atoms with Gasteiger partial charge in [-0.1, -0.05) is 24.3 Å². The van der Waals surface area contributed by atoms with Gasteiger partial charge in [-0.05, 0) is 55.7 Å². The SMILES string of the molecule is CC(=O)N(CCC(=O)N1CCN(c2cccc(C)c2C)CC1)c1cccc(C)c1. The minimum atomic E-state index is -0.0388. The van der Waals surface area contributed by atoms with E-state index in [2.05, 4.69) is 36.9 Å². The number of rotatable bonds is 5. The second-order valence-electron chi connectivity index (χ2n) is 7.85. The van der Waals surface area contributed by atoms with E-state index >= 15 is 0 Å². The number of piperazine rings is 1. The third-order valence-corrected chi connectivity index (χ3v) is 5.79. The van der Waals surface area contributed by atoms with Crippen LogP contribution in [0.5, 0.6) is 0 Å². The summed E-state index contributed by atoms with van der Waals surface area (Å²) in [6, 6.07) is 14.2. The summed E-state index contributed by atoms with van der Waals surface area (Å²) >= 11 is 0. The molecule has 1 heterocycles. The lowest BCUT2D eigenvalue weighted by atomic mass is 10.1. The molecule has 1 saturated heterocycles. The Morgan fingerprint density at radius 2 is 1.66 bits per heavy atom. The normalized spacial score (nSPS) is 14.1. The molecule has 1 fully saturated rings. The van der Waals surface area contributed by atoms with E-state index in [0.717, 1.165) is 37.4 Å². The van der Waals surface area contributed by atoms with Crippen LogP contribution in [0.25, 0.3) is 0 Å². The zero-order valence-electron chi connectivity index (χ0n) is 17.9. The topological polar surface area (TPSA) is 43.9 Å². The maximum Gasteiger partial charge on any atom is 0.224 e. The molecular formula is C24H31N3O2. The zero-order valence-corrected chi connectivity index (χ0v) is 17.9. The van der Waals surface area contributed by atoms with Crippen LogP contribution < -0.4 is 9.80 Å². The average Bonchev–Trinajstić information content (AvgIpc) is 2.70. The largest absolute Gasteiger partial charge is 0.368 e. The van der Waals surface area contributed by atoms with Gasteiger partial charge in [0, 0.05) is 57.4 Å². The van der Waals surface area contributed by atoms with Gasteiger partial charge < -0.3 is 14.7 Å². The van der Waals surface area contributed by atoms with Crippen molar-refractivity contribution in [2.75, 3.05) is 42.5 Å². The van der Waals surface area contributed by atoms with Gasteiger partial charge >= 0.3 is 0 Å². The minimum Gasteiger partial charge on any atom is -0.368 e. The van der Waals surface area contributed by atoms with Gasteiger partial charge in [-0.15, -0.1) is 0 Å². The molecule has 3 rings (SSSR count). The fourth-order valence-electron chi connectivity index (χ4n) is 3.90. The van der Waals surface area contributed by atoms with Crippen molar-refractivity contribution < 1.29 is 9.59 Å². The summed E-state index contributed by atoms with van der Waals surface area (Å²) in [4.78, 5) is 30.8. The number of hydrogen-bond donors (Lipinski definition) is 0. The van der Waals surface area contributed by atoms with Crippen molar-refractivity contribution in [2.24, 2.45) is 0 Å². The molecule has 0 unspecified atom stereocenters. The molecule has 2 aromatic rings. The number of aryl methyl sites for hydroxylation is 2. The molecule has 0 saturated carbocycles. The zero-order chi connectivity index (χ0) is 21.0. The van der Waals surface area contributed by atoms with Crippen molar-refractivity contribution in [3.8, 4) is 0 Å². The molecule has 0 aromatic heterocycles. The van der Waals surface area contributed by atoms with Crippen LogP contribution in [-0.2, 0) is 9.59 Å². The van der Waals surface area contributed by atoms with Crippen LogP contribution >= 0.6 is 0 Å². The van der Waals surface area contributed by atoms with Gasteiger partial charge in [-0.2, -0.15) is 0 Å². The number of hydrogen-bond acceptors (Lipinski definition) is 3. The molecule has 154 valence electrons. The highest BCUT2D eigenvalue weighted by Gasteiger charge is 2.23. The van der Waals surface area contributed by atoms with Crippen molar-refractivity contribution >= 4 is 23.2 Å². The molecule has 2 amide bonds. The third-order valence-electron chi connectivity index (χ3n) is 5.79. The lowest BCUT2D eigenvalue weighted by molar-refractivity contribution is -0.131. The summed E-state index contributed by atoms with van der Waals surface area (Å²) in [5.41, 5.74) is 5.82. The van der Waals surface area contributed by atoms with Crippen molar-refractivity contribution in [1.29, 1.82) is 0 Å². The highest BCUT2D eigenvalue weighted by Crippen LogP contribution is 2.24. The fraction of sp³-hybridized carbons (Fsp3) is 0.417. The van der Waals surface area contributed by atoms with E-state index in [0.29, 0.717) is 13.0 Å². The summed E-state index contributed by atoms with van der Waals surface area (Å²) < 4.78 is 0. The Morgan fingerprint density at radius 1 is 0.966 bits per heavy atom. The monoisotopic (exact) mass is 393 g/mol. The molecule has 0 radical (unpaired) electrons. The Balaban J connectivity index is 1.56. The predicted octanol–water partition coefficient (Wildman–Crippen LogP) is 3.70. The molecule has 5 heteroatoms. The Labute approximate surface area is 173 Å². The van der Waals surface area contributed by atoms with Gasteiger partial charge in [0.2, 0.25) is 11.8 Å². The molecular weight excluding hydrogens is 362 g/mol. The highest BCUT2D eigenvalue weighted by atomic mass is 16.2. The van der Waals surface area contributed by atoms with E-state index in [-0.39, 0.29) is 11.8 Å². The molecule has 1 aliphatic rings. The lowest BCUT2D eigenvalue weighted by Crippen LogP contribution is -2.49. The van der Waals surface area contributed by atoms with Crippen molar-refractivity contribution in [1.82, 2.24) is 4.90 Å². The van der Waals surface area contributed by atoms with Crippen LogP contribution in [0.3, 0.4) is 0 Å². The van der Waals surface area contributed by atoms with E-state index < -0.39 is 0 Å². The van der Waals surface area contributed by atoms with Gasteiger partial charge in [0.05, 0.1) is 0 Å². The summed E-state index contributed by atoms with van der Waals surface area (Å²) in [5, 5.41) is 0. The predicted molar refractivity (Wildman–Crippen MR) is 119 cm³/mol. The first-order valence-corrected chi connectivity index (χ1v) is 10.3. The molecule has 0 atom stereocenters. The second-order valence-corrected chi connectivity index (χ2v) is 7.85. The Bertz CT molecular complexity index is 885. The number of carbonyl (C=O) groups excluding carboxylic acids is 2. The minimum absolute atomic E-state index is 0.0388. The molecule has 29 heavy (non-hydrogen) atoms. The summed E-state index contributed by atoms with van der Waals surface area (Å²) in [7, 11) is 0. The van der Waals surface area contributed by atoms with E-state index in [4.69, 9.17) is 0 Å². The van der Waals surface area contributed by atoms with E-state index in [1.54, 1.807) is 11.8 Å². The number of amides is 2. The molecule has 0 aliphatic carbocycles. The standard InChI is InChI=1S/C24H31N3O2/c1-18-7-5-9-22(17-18)27(21(4)28)12-11-24(29)26-15-13-25(14-16-26)23-10-6-8-19(2)20(23)3/h5-10,17H,11-16H2,1-4H3. The van der Waals surface area contributed by atoms with Crippen molar-refractivity contribution in [3.63, 3.8) is 0 Å².